The minimum atomic E-state index is 0.180. The summed E-state index contributed by atoms with van der Waals surface area (Å²) in [6, 6.07) is 9.43. The Bertz CT molecular complexity index is 514. The summed E-state index contributed by atoms with van der Waals surface area (Å²) in [5, 5.41) is 0. The molecule has 1 aromatic carbocycles. The van der Waals surface area contributed by atoms with Crippen LogP contribution in [0.25, 0.3) is 0 Å². The quantitative estimate of drug-likeness (QED) is 0.754. The molecule has 0 saturated carbocycles. The van der Waals surface area contributed by atoms with Crippen molar-refractivity contribution < 1.29 is 4.79 Å². The Kier molecular flexibility index (Phi) is 3.92. The van der Waals surface area contributed by atoms with Crippen LogP contribution < -0.4 is 0 Å². The number of aromatic nitrogens is 2. The van der Waals surface area contributed by atoms with Crippen molar-refractivity contribution in [3.8, 4) is 0 Å². The van der Waals surface area contributed by atoms with E-state index in [1.807, 2.05) is 36.5 Å². The number of hydrogen-bond donors (Lipinski definition) is 0. The van der Waals surface area contributed by atoms with E-state index in [4.69, 9.17) is 0 Å². The zero-order chi connectivity index (χ0) is 13.0. The summed E-state index contributed by atoms with van der Waals surface area (Å²) in [6.07, 6.45) is 4.25. The van der Waals surface area contributed by atoms with Gasteiger partial charge in [-0.3, -0.25) is 4.79 Å². The molecule has 3 heteroatoms. The van der Waals surface area contributed by atoms with E-state index in [0.29, 0.717) is 18.9 Å². The number of hydrogen-bond acceptors (Lipinski definition) is 2. The van der Waals surface area contributed by atoms with Gasteiger partial charge in [0.15, 0.2) is 5.78 Å². The van der Waals surface area contributed by atoms with Crippen LogP contribution in [0.1, 0.15) is 42.4 Å². The maximum absolute atomic E-state index is 12.0. The van der Waals surface area contributed by atoms with Gasteiger partial charge in [0.1, 0.15) is 5.82 Å². The zero-order valence-electron chi connectivity index (χ0n) is 10.8. The Balaban J connectivity index is 2.00. The molecule has 0 aliphatic heterocycles. The number of nitrogens with zero attached hydrogens (tertiary/aromatic N) is 2. The normalized spacial score (nSPS) is 10.8. The predicted octanol–water partition coefficient (Wildman–Crippen LogP) is 3.28. The van der Waals surface area contributed by atoms with E-state index >= 15 is 0 Å². The fourth-order valence-corrected chi connectivity index (χ4v) is 2.00. The van der Waals surface area contributed by atoms with Crippen LogP contribution in [0, 0.1) is 0 Å². The monoisotopic (exact) mass is 242 g/mol. The Morgan fingerprint density at radius 3 is 2.67 bits per heavy atom. The fourth-order valence-electron chi connectivity index (χ4n) is 2.00. The van der Waals surface area contributed by atoms with Crippen molar-refractivity contribution in [2.45, 2.75) is 32.7 Å². The van der Waals surface area contributed by atoms with Crippen LogP contribution >= 0.6 is 0 Å². The number of rotatable bonds is 5. The summed E-state index contributed by atoms with van der Waals surface area (Å²) < 4.78 is 2.06. The number of ketones is 1. The molecule has 1 aromatic heterocycles. The lowest BCUT2D eigenvalue weighted by molar-refractivity contribution is 0.0976. The lowest BCUT2D eigenvalue weighted by atomic mass is 10.1. The summed E-state index contributed by atoms with van der Waals surface area (Å²) in [7, 11) is 0. The highest BCUT2D eigenvalue weighted by Gasteiger charge is 2.09. The molecule has 3 nitrogen and oxygen atoms in total. The van der Waals surface area contributed by atoms with E-state index in [1.165, 1.54) is 0 Å². The van der Waals surface area contributed by atoms with Gasteiger partial charge in [-0.25, -0.2) is 4.98 Å². The molecule has 2 rings (SSSR count). The molecule has 94 valence electrons. The SMILES string of the molecule is CC(C)c1nccn1CCC(=O)c1ccccc1. The van der Waals surface area contributed by atoms with Crippen molar-refractivity contribution >= 4 is 5.78 Å². The summed E-state index contributed by atoms with van der Waals surface area (Å²) in [5.74, 6) is 1.60. The van der Waals surface area contributed by atoms with Gasteiger partial charge in [-0.05, 0) is 0 Å². The molecule has 0 spiro atoms. The highest BCUT2D eigenvalue weighted by molar-refractivity contribution is 5.95. The number of aryl methyl sites for hydroxylation is 1. The van der Waals surface area contributed by atoms with Gasteiger partial charge in [0, 0.05) is 36.8 Å². The molecular weight excluding hydrogens is 224 g/mol. The third-order valence-electron chi connectivity index (χ3n) is 2.94. The summed E-state index contributed by atoms with van der Waals surface area (Å²) in [5.41, 5.74) is 0.781. The van der Waals surface area contributed by atoms with Crippen LogP contribution in [0.2, 0.25) is 0 Å². The molecule has 2 aromatic rings. The van der Waals surface area contributed by atoms with Gasteiger partial charge in [0.25, 0.3) is 0 Å². The van der Waals surface area contributed by atoms with Gasteiger partial charge in [0.2, 0.25) is 0 Å². The molecule has 0 aliphatic carbocycles. The number of carbonyl (C=O) groups is 1. The largest absolute Gasteiger partial charge is 0.334 e. The van der Waals surface area contributed by atoms with Crippen LogP contribution in [0.4, 0.5) is 0 Å². The zero-order valence-corrected chi connectivity index (χ0v) is 10.8. The smallest absolute Gasteiger partial charge is 0.164 e. The van der Waals surface area contributed by atoms with Crippen LogP contribution in [-0.4, -0.2) is 15.3 Å². The van der Waals surface area contributed by atoms with Gasteiger partial charge < -0.3 is 4.57 Å². The molecule has 0 aliphatic rings. The Hall–Kier alpha value is -1.90. The van der Waals surface area contributed by atoms with Crippen molar-refractivity contribution in [3.63, 3.8) is 0 Å². The van der Waals surface area contributed by atoms with Crippen LogP contribution in [0.15, 0.2) is 42.7 Å². The first kappa shape index (κ1) is 12.6. The van der Waals surface area contributed by atoms with Crippen LogP contribution in [0.5, 0.6) is 0 Å². The topological polar surface area (TPSA) is 34.9 Å². The van der Waals surface area contributed by atoms with E-state index < -0.39 is 0 Å². The first-order chi connectivity index (χ1) is 8.68. The fraction of sp³-hybridized carbons (Fsp3) is 0.333. The summed E-state index contributed by atoms with van der Waals surface area (Å²) in [6.45, 7) is 4.91. The second-order valence-corrected chi connectivity index (χ2v) is 4.67. The number of benzene rings is 1. The average Bonchev–Trinajstić information content (AvgIpc) is 2.85. The van der Waals surface area contributed by atoms with Gasteiger partial charge >= 0.3 is 0 Å². The van der Waals surface area contributed by atoms with E-state index in [1.54, 1.807) is 6.20 Å². The first-order valence-corrected chi connectivity index (χ1v) is 6.27. The summed E-state index contributed by atoms with van der Waals surface area (Å²) >= 11 is 0. The minimum absolute atomic E-state index is 0.180. The maximum atomic E-state index is 12.0. The molecule has 0 radical (unpaired) electrons. The maximum Gasteiger partial charge on any atom is 0.164 e. The summed E-state index contributed by atoms with van der Waals surface area (Å²) in [4.78, 5) is 16.3. The highest BCUT2D eigenvalue weighted by atomic mass is 16.1. The van der Waals surface area contributed by atoms with Crippen molar-refractivity contribution in [1.29, 1.82) is 0 Å². The third-order valence-corrected chi connectivity index (χ3v) is 2.94. The number of carbonyl (C=O) groups excluding carboxylic acids is 1. The first-order valence-electron chi connectivity index (χ1n) is 6.27. The van der Waals surface area contributed by atoms with E-state index in [9.17, 15) is 4.79 Å². The van der Waals surface area contributed by atoms with E-state index in [0.717, 1.165) is 11.4 Å². The molecule has 0 unspecified atom stereocenters. The predicted molar refractivity (Wildman–Crippen MR) is 71.7 cm³/mol. The van der Waals surface area contributed by atoms with E-state index in [2.05, 4.69) is 23.4 Å². The van der Waals surface area contributed by atoms with Crippen molar-refractivity contribution in [2.24, 2.45) is 0 Å². The van der Waals surface area contributed by atoms with Crippen LogP contribution in [-0.2, 0) is 6.54 Å². The minimum Gasteiger partial charge on any atom is -0.334 e. The van der Waals surface area contributed by atoms with Gasteiger partial charge in [0.05, 0.1) is 0 Å². The van der Waals surface area contributed by atoms with Crippen LogP contribution in [0.3, 0.4) is 0 Å². The Morgan fingerprint density at radius 1 is 1.28 bits per heavy atom. The molecule has 0 bridgehead atoms. The standard InChI is InChI=1S/C15H18N2O/c1-12(2)15-16-9-11-17(15)10-8-14(18)13-6-4-3-5-7-13/h3-7,9,11-12H,8,10H2,1-2H3. The molecular formula is C15H18N2O. The van der Waals surface area contributed by atoms with Gasteiger partial charge in [-0.15, -0.1) is 0 Å². The lowest BCUT2D eigenvalue weighted by Crippen LogP contribution is -2.09. The molecule has 1 heterocycles. The highest BCUT2D eigenvalue weighted by Crippen LogP contribution is 2.13. The van der Waals surface area contributed by atoms with Crippen molar-refractivity contribution in [1.82, 2.24) is 9.55 Å². The van der Waals surface area contributed by atoms with E-state index in [-0.39, 0.29) is 5.78 Å². The number of imidazole rings is 1. The number of Topliss-reactive ketones (excluding diaryl/α,β-unsaturated/α-hetero) is 1. The molecule has 18 heavy (non-hydrogen) atoms. The van der Waals surface area contributed by atoms with Gasteiger partial charge in [-0.1, -0.05) is 44.2 Å². The third kappa shape index (κ3) is 2.86. The molecule has 0 fully saturated rings. The molecule has 0 atom stereocenters. The average molecular weight is 242 g/mol. The van der Waals surface area contributed by atoms with Crippen molar-refractivity contribution in [2.75, 3.05) is 0 Å². The molecule has 0 amide bonds. The second-order valence-electron chi connectivity index (χ2n) is 4.67. The molecule has 0 N–H and O–H groups in total. The molecule has 0 saturated heterocycles. The lowest BCUT2D eigenvalue weighted by Gasteiger charge is -2.09. The van der Waals surface area contributed by atoms with Gasteiger partial charge in [-0.2, -0.15) is 0 Å². The second kappa shape index (κ2) is 5.63. The Labute approximate surface area is 107 Å². The Morgan fingerprint density at radius 2 is 2.00 bits per heavy atom. The van der Waals surface area contributed by atoms with Crippen molar-refractivity contribution in [3.05, 3.63) is 54.1 Å².